The monoisotopic (exact) mass is 206 g/mol. The standard InChI is InChI=1S/C11H18N4/c1-15-6-9(12)11(14-15)13-10(7-2-3-7)8-4-5-8/h6-8,10H,2-5,12H2,1H3,(H,13,14). The lowest BCUT2D eigenvalue weighted by atomic mass is 10.1. The van der Waals surface area contributed by atoms with Crippen molar-refractivity contribution in [1.29, 1.82) is 0 Å². The molecule has 3 N–H and O–H groups in total. The number of anilines is 2. The Morgan fingerprint density at radius 1 is 1.40 bits per heavy atom. The van der Waals surface area contributed by atoms with E-state index < -0.39 is 0 Å². The van der Waals surface area contributed by atoms with Gasteiger partial charge in [-0.3, -0.25) is 4.68 Å². The molecule has 2 aliphatic rings. The molecular formula is C11H18N4. The van der Waals surface area contributed by atoms with Crippen molar-refractivity contribution >= 4 is 11.5 Å². The maximum absolute atomic E-state index is 5.88. The van der Waals surface area contributed by atoms with E-state index in [0.29, 0.717) is 6.04 Å². The molecule has 0 atom stereocenters. The van der Waals surface area contributed by atoms with Crippen molar-refractivity contribution in [2.45, 2.75) is 31.7 Å². The maximum atomic E-state index is 5.88. The summed E-state index contributed by atoms with van der Waals surface area (Å²) >= 11 is 0. The van der Waals surface area contributed by atoms with Crippen molar-refractivity contribution in [2.24, 2.45) is 18.9 Å². The molecule has 2 aliphatic carbocycles. The van der Waals surface area contributed by atoms with Gasteiger partial charge >= 0.3 is 0 Å². The second kappa shape index (κ2) is 3.15. The van der Waals surface area contributed by atoms with Crippen molar-refractivity contribution < 1.29 is 0 Å². The number of hydrogen-bond acceptors (Lipinski definition) is 3. The van der Waals surface area contributed by atoms with Gasteiger partial charge in [0.05, 0.1) is 5.69 Å². The first-order chi connectivity index (χ1) is 7.24. The van der Waals surface area contributed by atoms with Gasteiger partial charge in [-0.25, -0.2) is 0 Å². The van der Waals surface area contributed by atoms with Gasteiger partial charge in [-0.1, -0.05) is 0 Å². The van der Waals surface area contributed by atoms with Crippen LogP contribution in [0, 0.1) is 11.8 Å². The molecular weight excluding hydrogens is 188 g/mol. The smallest absolute Gasteiger partial charge is 0.171 e. The van der Waals surface area contributed by atoms with Crippen molar-refractivity contribution in [1.82, 2.24) is 9.78 Å². The van der Waals surface area contributed by atoms with Gasteiger partial charge in [-0.2, -0.15) is 5.10 Å². The van der Waals surface area contributed by atoms with E-state index in [0.717, 1.165) is 23.3 Å². The highest BCUT2D eigenvalue weighted by Gasteiger charge is 2.41. The molecule has 1 aromatic heterocycles. The summed E-state index contributed by atoms with van der Waals surface area (Å²) in [6.45, 7) is 0. The van der Waals surface area contributed by atoms with Gasteiger partial charge in [-0.05, 0) is 37.5 Å². The van der Waals surface area contributed by atoms with Crippen LogP contribution in [-0.4, -0.2) is 15.8 Å². The summed E-state index contributed by atoms with van der Waals surface area (Å²) < 4.78 is 1.77. The zero-order valence-corrected chi connectivity index (χ0v) is 9.11. The highest BCUT2D eigenvalue weighted by molar-refractivity contribution is 5.60. The molecule has 2 saturated carbocycles. The molecule has 0 amide bonds. The number of aromatic nitrogens is 2. The highest BCUT2D eigenvalue weighted by Crippen LogP contribution is 2.46. The minimum absolute atomic E-state index is 0.627. The van der Waals surface area contributed by atoms with Crippen LogP contribution in [0.25, 0.3) is 0 Å². The number of nitrogens with zero attached hydrogens (tertiary/aromatic N) is 2. The van der Waals surface area contributed by atoms with Crippen LogP contribution in [0.4, 0.5) is 11.5 Å². The number of hydrogen-bond donors (Lipinski definition) is 2. The fourth-order valence-electron chi connectivity index (χ4n) is 2.31. The van der Waals surface area contributed by atoms with Crippen LogP contribution in [0.2, 0.25) is 0 Å². The predicted octanol–water partition coefficient (Wildman–Crippen LogP) is 1.60. The zero-order valence-electron chi connectivity index (χ0n) is 9.11. The van der Waals surface area contributed by atoms with Crippen LogP contribution < -0.4 is 11.1 Å². The molecule has 0 bridgehead atoms. The van der Waals surface area contributed by atoms with E-state index in [1.54, 1.807) is 4.68 Å². The molecule has 15 heavy (non-hydrogen) atoms. The molecule has 0 radical (unpaired) electrons. The molecule has 1 aromatic rings. The number of aryl methyl sites for hydroxylation is 1. The van der Waals surface area contributed by atoms with Crippen molar-refractivity contribution in [2.75, 3.05) is 11.1 Å². The Kier molecular flexibility index (Phi) is 1.90. The normalized spacial score (nSPS) is 20.9. The highest BCUT2D eigenvalue weighted by atomic mass is 15.3. The molecule has 1 heterocycles. The molecule has 0 aromatic carbocycles. The Morgan fingerprint density at radius 3 is 2.40 bits per heavy atom. The fraction of sp³-hybridized carbons (Fsp3) is 0.727. The summed E-state index contributed by atoms with van der Waals surface area (Å²) in [5.41, 5.74) is 6.65. The third kappa shape index (κ3) is 1.80. The maximum Gasteiger partial charge on any atom is 0.171 e. The summed E-state index contributed by atoms with van der Waals surface area (Å²) in [7, 11) is 1.91. The van der Waals surface area contributed by atoms with Crippen LogP contribution in [0.1, 0.15) is 25.7 Å². The minimum atomic E-state index is 0.627. The van der Waals surface area contributed by atoms with E-state index in [1.165, 1.54) is 25.7 Å². The van der Waals surface area contributed by atoms with Gasteiger partial charge in [0.25, 0.3) is 0 Å². The van der Waals surface area contributed by atoms with Crippen LogP contribution >= 0.6 is 0 Å². The molecule has 0 aliphatic heterocycles. The van der Waals surface area contributed by atoms with E-state index in [2.05, 4.69) is 10.4 Å². The molecule has 4 nitrogen and oxygen atoms in total. The van der Waals surface area contributed by atoms with Gasteiger partial charge in [-0.15, -0.1) is 0 Å². The van der Waals surface area contributed by atoms with Gasteiger partial charge in [0, 0.05) is 19.3 Å². The molecule has 4 heteroatoms. The van der Waals surface area contributed by atoms with Crippen molar-refractivity contribution in [3.05, 3.63) is 6.20 Å². The summed E-state index contributed by atoms with van der Waals surface area (Å²) in [4.78, 5) is 0. The second-order valence-electron chi connectivity index (χ2n) is 4.95. The Balaban J connectivity index is 1.74. The second-order valence-corrected chi connectivity index (χ2v) is 4.95. The topological polar surface area (TPSA) is 55.9 Å². The van der Waals surface area contributed by atoms with E-state index in [1.807, 2.05) is 13.2 Å². The van der Waals surface area contributed by atoms with E-state index >= 15 is 0 Å². The quantitative estimate of drug-likeness (QED) is 0.786. The molecule has 82 valence electrons. The van der Waals surface area contributed by atoms with E-state index in [-0.39, 0.29) is 0 Å². The Bertz CT molecular complexity index is 351. The molecule has 0 spiro atoms. The fourth-order valence-corrected chi connectivity index (χ4v) is 2.31. The molecule has 0 unspecified atom stereocenters. The Morgan fingerprint density at radius 2 is 2.00 bits per heavy atom. The predicted molar refractivity (Wildman–Crippen MR) is 60.5 cm³/mol. The summed E-state index contributed by atoms with van der Waals surface area (Å²) in [5.74, 6) is 2.62. The van der Waals surface area contributed by atoms with Crippen molar-refractivity contribution in [3.8, 4) is 0 Å². The van der Waals surface area contributed by atoms with Gasteiger partial charge < -0.3 is 11.1 Å². The number of nitrogens with two attached hydrogens (primary N) is 1. The van der Waals surface area contributed by atoms with Crippen LogP contribution in [-0.2, 0) is 7.05 Å². The SMILES string of the molecule is Cn1cc(N)c(NC(C2CC2)C2CC2)n1. The molecule has 2 fully saturated rings. The lowest BCUT2D eigenvalue weighted by Gasteiger charge is -2.17. The van der Waals surface area contributed by atoms with Crippen LogP contribution in [0.3, 0.4) is 0 Å². The average Bonchev–Trinajstić information content (AvgIpc) is 3.05. The zero-order chi connectivity index (χ0) is 10.4. The summed E-state index contributed by atoms with van der Waals surface area (Å²) in [5, 5.41) is 7.89. The van der Waals surface area contributed by atoms with Crippen molar-refractivity contribution in [3.63, 3.8) is 0 Å². The van der Waals surface area contributed by atoms with Gasteiger partial charge in [0.1, 0.15) is 0 Å². The Labute approximate surface area is 89.8 Å². The molecule has 0 saturated heterocycles. The first-order valence-electron chi connectivity index (χ1n) is 5.79. The number of nitrogen functional groups attached to an aromatic ring is 1. The summed E-state index contributed by atoms with van der Waals surface area (Å²) in [6, 6.07) is 0.627. The third-order valence-electron chi connectivity index (χ3n) is 3.42. The average molecular weight is 206 g/mol. The van der Waals surface area contributed by atoms with Crippen LogP contribution in [0.5, 0.6) is 0 Å². The number of rotatable bonds is 4. The van der Waals surface area contributed by atoms with Crippen LogP contribution in [0.15, 0.2) is 6.20 Å². The van der Waals surface area contributed by atoms with Gasteiger partial charge in [0.15, 0.2) is 5.82 Å². The lowest BCUT2D eigenvalue weighted by Crippen LogP contribution is -2.25. The first kappa shape index (κ1) is 9.07. The van der Waals surface area contributed by atoms with E-state index in [4.69, 9.17) is 5.73 Å². The third-order valence-corrected chi connectivity index (χ3v) is 3.42. The molecule has 3 rings (SSSR count). The first-order valence-corrected chi connectivity index (χ1v) is 5.79. The minimum Gasteiger partial charge on any atom is -0.394 e. The Hall–Kier alpha value is -1.19. The van der Waals surface area contributed by atoms with E-state index in [9.17, 15) is 0 Å². The lowest BCUT2D eigenvalue weighted by molar-refractivity contribution is 0.564. The van der Waals surface area contributed by atoms with Gasteiger partial charge in [0.2, 0.25) is 0 Å². The number of nitrogens with one attached hydrogen (secondary N) is 1. The largest absolute Gasteiger partial charge is 0.394 e. The summed E-state index contributed by atoms with van der Waals surface area (Å²) in [6.07, 6.45) is 7.36.